The van der Waals surface area contributed by atoms with Crippen LogP contribution in [0.2, 0.25) is 0 Å². The largest absolute Gasteiger partial charge is 0.388 e. The van der Waals surface area contributed by atoms with Gasteiger partial charge in [-0.25, -0.2) is 15.4 Å². The number of halogens is 2. The van der Waals surface area contributed by atoms with E-state index in [1.54, 1.807) is 0 Å². The first-order chi connectivity index (χ1) is 13.9. The van der Waals surface area contributed by atoms with Gasteiger partial charge in [-0.1, -0.05) is 6.92 Å². The Balaban J connectivity index is 0.00000117. The summed E-state index contributed by atoms with van der Waals surface area (Å²) < 4.78 is 23.4. The van der Waals surface area contributed by atoms with E-state index in [0.717, 1.165) is 67.7 Å². The summed E-state index contributed by atoms with van der Waals surface area (Å²) in [5.74, 6) is 9.52. The molecule has 0 spiro atoms. The predicted octanol–water partition coefficient (Wildman–Crippen LogP) is 3.83. The molecule has 4 fully saturated rings. The molecule has 0 aliphatic heterocycles. The molecule has 0 bridgehead atoms. The molecular weight excluding hydrogens is 374 g/mol. The summed E-state index contributed by atoms with van der Waals surface area (Å²) in [6, 6.07) is 0. The molecule has 7 unspecified atom stereocenters. The number of nitrogens with zero attached hydrogens (tertiary/aromatic N) is 2. The molecule has 0 heterocycles. The zero-order chi connectivity index (χ0) is 21.2. The highest BCUT2D eigenvalue weighted by Crippen LogP contribution is 2.64. The summed E-state index contributed by atoms with van der Waals surface area (Å²) in [5, 5.41) is 4.95. The second kappa shape index (κ2) is 9.27. The van der Waals surface area contributed by atoms with Crippen LogP contribution in [0.4, 0.5) is 8.78 Å². The van der Waals surface area contributed by atoms with Crippen LogP contribution < -0.4 is 11.6 Å². The summed E-state index contributed by atoms with van der Waals surface area (Å²) >= 11 is 0. The van der Waals surface area contributed by atoms with Crippen molar-refractivity contribution in [3.63, 3.8) is 0 Å². The third-order valence-corrected chi connectivity index (χ3v) is 8.81. The van der Waals surface area contributed by atoms with Crippen molar-refractivity contribution in [2.24, 2.45) is 57.6 Å². The molecule has 4 aliphatic rings. The van der Waals surface area contributed by atoms with Crippen molar-refractivity contribution in [1.29, 1.82) is 0 Å². The molecule has 7 heteroatoms. The molecule has 0 aromatic heterocycles. The van der Waals surface area contributed by atoms with E-state index in [0.29, 0.717) is 19.0 Å². The third-order valence-electron chi connectivity index (χ3n) is 8.81. The zero-order valence-corrected chi connectivity index (χ0v) is 17.9. The van der Waals surface area contributed by atoms with Gasteiger partial charge in [0.2, 0.25) is 0 Å². The van der Waals surface area contributed by atoms with E-state index in [4.69, 9.17) is 11.6 Å². The first-order valence-electron chi connectivity index (χ1n) is 11.2. The van der Waals surface area contributed by atoms with E-state index < -0.39 is 6.17 Å². The van der Waals surface area contributed by atoms with Gasteiger partial charge >= 0.3 is 0 Å². The van der Waals surface area contributed by atoms with Gasteiger partial charge < -0.3 is 5.73 Å². The number of rotatable bonds is 4. The Hall–Kier alpha value is -1.24. The summed E-state index contributed by atoms with van der Waals surface area (Å²) in [5.41, 5.74) is 5.37. The van der Waals surface area contributed by atoms with Gasteiger partial charge in [-0.2, -0.15) is 5.10 Å². The first kappa shape index (κ1) is 22.4. The maximum absolute atomic E-state index is 13.9. The van der Waals surface area contributed by atoms with Crippen LogP contribution in [0.5, 0.6) is 0 Å². The van der Waals surface area contributed by atoms with Crippen LogP contribution in [0.3, 0.4) is 0 Å². The average molecular weight is 413 g/mol. The van der Waals surface area contributed by atoms with Crippen molar-refractivity contribution < 1.29 is 13.6 Å². The van der Waals surface area contributed by atoms with Crippen LogP contribution in [-0.2, 0) is 4.79 Å². The van der Waals surface area contributed by atoms with Crippen LogP contribution in [0.15, 0.2) is 5.10 Å². The maximum atomic E-state index is 13.9. The smallest absolute Gasteiger partial charge is 0.159 e. The lowest BCUT2D eigenvalue weighted by Gasteiger charge is -2.55. The Labute approximate surface area is 173 Å². The number of Topliss-reactive ketones (excluding diaryl/α,β-unsaturated/α-hetero) is 1. The lowest BCUT2D eigenvalue weighted by atomic mass is 9.49. The maximum Gasteiger partial charge on any atom is 0.159 e. The Morgan fingerprint density at radius 1 is 1.10 bits per heavy atom. The second-order valence-corrected chi connectivity index (χ2v) is 9.85. The number of carbonyl (C=O) groups is 1. The molecular formula is C22H38F2N4O. The summed E-state index contributed by atoms with van der Waals surface area (Å²) in [4.78, 5) is 12.9. The minimum absolute atomic E-state index is 0.0850. The third kappa shape index (κ3) is 4.17. The highest BCUT2D eigenvalue weighted by atomic mass is 19.1. The van der Waals surface area contributed by atoms with Crippen LogP contribution in [0.25, 0.3) is 0 Å². The normalized spacial score (nSPS) is 43.6. The molecule has 8 atom stereocenters. The Bertz CT molecular complexity index is 603. The Morgan fingerprint density at radius 3 is 2.55 bits per heavy atom. The number of hydrazine groups is 1. The molecule has 0 aromatic carbocycles. The fourth-order valence-corrected chi connectivity index (χ4v) is 7.72. The van der Waals surface area contributed by atoms with Gasteiger partial charge in [-0.3, -0.25) is 9.18 Å². The second-order valence-electron chi connectivity index (χ2n) is 9.85. The number of alkyl halides is 2. The van der Waals surface area contributed by atoms with E-state index in [-0.39, 0.29) is 23.7 Å². The van der Waals surface area contributed by atoms with Crippen molar-refractivity contribution in [3.8, 4) is 0 Å². The van der Waals surface area contributed by atoms with Crippen molar-refractivity contribution in [1.82, 2.24) is 5.12 Å². The van der Waals surface area contributed by atoms with Gasteiger partial charge in [0, 0.05) is 5.92 Å². The molecule has 29 heavy (non-hydrogen) atoms. The summed E-state index contributed by atoms with van der Waals surface area (Å²) in [7, 11) is 0.500. The lowest BCUT2D eigenvalue weighted by molar-refractivity contribution is -0.131. The topological polar surface area (TPSA) is 84.7 Å². The Morgan fingerprint density at radius 2 is 1.83 bits per heavy atom. The van der Waals surface area contributed by atoms with E-state index in [1.165, 1.54) is 19.3 Å². The number of fused-ring (bicyclic) bond motifs is 5. The van der Waals surface area contributed by atoms with Crippen LogP contribution in [0, 0.1) is 40.9 Å². The molecule has 4 rings (SSSR count). The molecule has 0 aromatic rings. The molecule has 0 radical (unpaired) electrons. The SMILES string of the molecule is CC12CCC3C4CC[C@H](F)CC4CCC3C1CCC2C(=O)CN(N)/N=C\N.CF. The molecule has 4 saturated carbocycles. The van der Waals surface area contributed by atoms with Crippen LogP contribution >= 0.6 is 0 Å². The monoisotopic (exact) mass is 412 g/mol. The minimum Gasteiger partial charge on any atom is -0.388 e. The van der Waals surface area contributed by atoms with Gasteiger partial charge in [0.05, 0.1) is 7.18 Å². The minimum atomic E-state index is -0.569. The number of nitrogens with two attached hydrogens (primary N) is 2. The zero-order valence-electron chi connectivity index (χ0n) is 17.9. The number of hydrazone groups is 1. The molecule has 5 nitrogen and oxygen atoms in total. The number of hydrogen-bond acceptors (Lipinski definition) is 4. The quantitative estimate of drug-likeness (QED) is 0.318. The van der Waals surface area contributed by atoms with Gasteiger partial charge in [0.25, 0.3) is 0 Å². The van der Waals surface area contributed by atoms with Gasteiger partial charge in [0.1, 0.15) is 19.1 Å². The van der Waals surface area contributed by atoms with Gasteiger partial charge in [-0.15, -0.1) is 0 Å². The van der Waals surface area contributed by atoms with Crippen LogP contribution in [-0.4, -0.2) is 37.1 Å². The van der Waals surface area contributed by atoms with Crippen molar-refractivity contribution in [2.45, 2.75) is 70.9 Å². The van der Waals surface area contributed by atoms with E-state index in [2.05, 4.69) is 12.0 Å². The fourth-order valence-electron chi connectivity index (χ4n) is 7.72. The standard InChI is InChI=1S/C21H35FN4O.CH3F/c1-21-9-8-16-15-5-3-14(22)10-13(15)2-4-17(16)18(21)6-7-19(21)20(27)11-26(24)25-12-23;1-2/h12-19H,2-11,24H2,1H3,(H2,23,25);1H3/t13?,14-,15?,16?,17?,18?,19?,21?;/m0./s1. The van der Waals surface area contributed by atoms with E-state index >= 15 is 0 Å². The highest BCUT2D eigenvalue weighted by molar-refractivity contribution is 5.84. The molecule has 4 N–H and O–H groups in total. The van der Waals surface area contributed by atoms with Crippen molar-refractivity contribution in [2.75, 3.05) is 13.7 Å². The fraction of sp³-hybridized carbons (Fsp3) is 0.909. The van der Waals surface area contributed by atoms with E-state index in [9.17, 15) is 13.6 Å². The summed E-state index contributed by atoms with van der Waals surface area (Å²) in [6.07, 6.45) is 10.1. The van der Waals surface area contributed by atoms with Gasteiger partial charge in [0.15, 0.2) is 5.78 Å². The highest BCUT2D eigenvalue weighted by Gasteiger charge is 2.58. The molecule has 0 saturated heterocycles. The first-order valence-corrected chi connectivity index (χ1v) is 11.2. The number of hydrogen-bond donors (Lipinski definition) is 2. The lowest BCUT2D eigenvalue weighted by Crippen LogP contribution is -2.50. The number of ketones is 1. The van der Waals surface area contributed by atoms with Crippen molar-refractivity contribution >= 4 is 12.1 Å². The Kier molecular flexibility index (Phi) is 7.18. The number of carbonyl (C=O) groups excluding carboxylic acids is 1. The molecule has 4 aliphatic carbocycles. The predicted molar refractivity (Wildman–Crippen MR) is 111 cm³/mol. The summed E-state index contributed by atoms with van der Waals surface area (Å²) in [6.45, 7) is 2.48. The molecule has 0 amide bonds. The van der Waals surface area contributed by atoms with E-state index in [1.807, 2.05) is 0 Å². The van der Waals surface area contributed by atoms with Crippen molar-refractivity contribution in [3.05, 3.63) is 0 Å². The molecule has 166 valence electrons. The van der Waals surface area contributed by atoms with Gasteiger partial charge in [-0.05, 0) is 92.8 Å². The average Bonchev–Trinajstić information content (AvgIpc) is 3.06. The van der Waals surface area contributed by atoms with Crippen LogP contribution in [0.1, 0.15) is 64.7 Å².